The molecule has 0 heterocycles. The van der Waals surface area contributed by atoms with Crippen molar-refractivity contribution in [3.8, 4) is 11.5 Å². The molecule has 3 rings (SSSR count). The first kappa shape index (κ1) is 23.2. The van der Waals surface area contributed by atoms with E-state index >= 15 is 0 Å². The molecule has 0 saturated carbocycles. The third-order valence-corrected chi connectivity index (χ3v) is 5.65. The molecule has 0 bridgehead atoms. The predicted molar refractivity (Wildman–Crippen MR) is 129 cm³/mol. The SMILES string of the molecule is CCOc1cc(CNC(C)CCc2ccccc2)cc(Cl)c1OCc1ccccc1C. The van der Waals surface area contributed by atoms with E-state index in [0.717, 1.165) is 30.5 Å². The van der Waals surface area contributed by atoms with Crippen LogP contribution in [0.4, 0.5) is 0 Å². The van der Waals surface area contributed by atoms with Gasteiger partial charge in [0.15, 0.2) is 11.5 Å². The number of nitrogens with one attached hydrogen (secondary N) is 1. The Morgan fingerprint density at radius 1 is 0.935 bits per heavy atom. The maximum Gasteiger partial charge on any atom is 0.180 e. The molecule has 1 unspecified atom stereocenters. The van der Waals surface area contributed by atoms with Gasteiger partial charge in [-0.1, -0.05) is 66.2 Å². The molecular formula is C27H32ClNO2. The van der Waals surface area contributed by atoms with Crippen molar-refractivity contribution in [3.05, 3.63) is 94.0 Å². The highest BCUT2D eigenvalue weighted by molar-refractivity contribution is 6.32. The van der Waals surface area contributed by atoms with Gasteiger partial charge < -0.3 is 14.8 Å². The second-order valence-corrected chi connectivity index (χ2v) is 8.27. The van der Waals surface area contributed by atoms with Gasteiger partial charge in [0, 0.05) is 12.6 Å². The summed E-state index contributed by atoms with van der Waals surface area (Å²) in [6.07, 6.45) is 2.14. The zero-order chi connectivity index (χ0) is 22.1. The third kappa shape index (κ3) is 7.02. The minimum absolute atomic E-state index is 0.395. The van der Waals surface area contributed by atoms with Crippen molar-refractivity contribution in [1.82, 2.24) is 5.32 Å². The van der Waals surface area contributed by atoms with Crippen LogP contribution in [0.25, 0.3) is 0 Å². The molecule has 0 aliphatic rings. The van der Waals surface area contributed by atoms with Crippen molar-refractivity contribution in [2.45, 2.75) is 52.8 Å². The molecule has 31 heavy (non-hydrogen) atoms. The van der Waals surface area contributed by atoms with Crippen LogP contribution in [0.2, 0.25) is 5.02 Å². The molecular weight excluding hydrogens is 406 g/mol. The summed E-state index contributed by atoms with van der Waals surface area (Å²) in [6, 6.07) is 23.2. The van der Waals surface area contributed by atoms with Crippen LogP contribution >= 0.6 is 11.6 Å². The summed E-state index contributed by atoms with van der Waals surface area (Å²) in [6.45, 7) is 8.01. The Bertz CT molecular complexity index is 959. The van der Waals surface area contributed by atoms with Crippen molar-refractivity contribution in [3.63, 3.8) is 0 Å². The topological polar surface area (TPSA) is 30.5 Å². The Morgan fingerprint density at radius 2 is 1.68 bits per heavy atom. The van der Waals surface area contributed by atoms with Crippen LogP contribution in [0.5, 0.6) is 11.5 Å². The van der Waals surface area contributed by atoms with Crippen molar-refractivity contribution in [2.24, 2.45) is 0 Å². The lowest BCUT2D eigenvalue weighted by molar-refractivity contribution is 0.268. The molecule has 3 aromatic carbocycles. The standard InChI is InChI=1S/C27H32ClNO2/c1-4-30-26-17-23(18-29-21(3)14-15-22-11-6-5-7-12-22)16-25(28)27(26)31-19-24-13-9-8-10-20(24)2/h5-13,16-17,21,29H,4,14-15,18-19H2,1-3H3. The van der Waals surface area contributed by atoms with Crippen LogP contribution < -0.4 is 14.8 Å². The molecule has 0 radical (unpaired) electrons. The van der Waals surface area contributed by atoms with E-state index in [1.54, 1.807) is 0 Å². The van der Waals surface area contributed by atoms with E-state index in [9.17, 15) is 0 Å². The lowest BCUT2D eigenvalue weighted by Crippen LogP contribution is -2.26. The number of rotatable bonds is 11. The summed E-state index contributed by atoms with van der Waals surface area (Å²) < 4.78 is 11.9. The van der Waals surface area contributed by atoms with E-state index in [1.807, 2.05) is 31.2 Å². The second kappa shape index (κ2) is 11.8. The van der Waals surface area contributed by atoms with E-state index in [2.05, 4.69) is 61.6 Å². The number of halogens is 1. The lowest BCUT2D eigenvalue weighted by atomic mass is 10.1. The fourth-order valence-electron chi connectivity index (χ4n) is 3.47. The third-order valence-electron chi connectivity index (χ3n) is 5.37. The number of hydrogen-bond acceptors (Lipinski definition) is 3. The van der Waals surface area contributed by atoms with Crippen LogP contribution in [0.3, 0.4) is 0 Å². The highest BCUT2D eigenvalue weighted by Gasteiger charge is 2.14. The largest absolute Gasteiger partial charge is 0.490 e. The van der Waals surface area contributed by atoms with Crippen LogP contribution in [0, 0.1) is 6.92 Å². The fraction of sp³-hybridized carbons (Fsp3) is 0.333. The van der Waals surface area contributed by atoms with Gasteiger partial charge in [-0.25, -0.2) is 0 Å². The summed E-state index contributed by atoms with van der Waals surface area (Å²) in [5.74, 6) is 1.30. The summed E-state index contributed by atoms with van der Waals surface area (Å²) >= 11 is 6.60. The molecule has 1 N–H and O–H groups in total. The Morgan fingerprint density at radius 3 is 2.42 bits per heavy atom. The minimum atomic E-state index is 0.395. The lowest BCUT2D eigenvalue weighted by Gasteiger charge is -2.18. The molecule has 0 spiro atoms. The average molecular weight is 438 g/mol. The fourth-order valence-corrected chi connectivity index (χ4v) is 3.76. The molecule has 3 aromatic rings. The zero-order valence-corrected chi connectivity index (χ0v) is 19.4. The molecule has 0 aliphatic carbocycles. The molecule has 0 aliphatic heterocycles. The number of aryl methyl sites for hydroxylation is 2. The maximum absolute atomic E-state index is 6.60. The first-order valence-electron chi connectivity index (χ1n) is 11.0. The van der Waals surface area contributed by atoms with E-state index in [0.29, 0.717) is 35.8 Å². The quantitative estimate of drug-likeness (QED) is 0.360. The zero-order valence-electron chi connectivity index (χ0n) is 18.7. The van der Waals surface area contributed by atoms with E-state index in [1.165, 1.54) is 11.1 Å². The molecule has 0 aromatic heterocycles. The molecule has 0 saturated heterocycles. The van der Waals surface area contributed by atoms with Gasteiger partial charge in [-0.05, 0) is 68.0 Å². The highest BCUT2D eigenvalue weighted by Crippen LogP contribution is 2.37. The van der Waals surface area contributed by atoms with Crippen LogP contribution in [0.1, 0.15) is 42.5 Å². The normalized spacial score (nSPS) is 11.9. The van der Waals surface area contributed by atoms with Gasteiger partial charge in [-0.3, -0.25) is 0 Å². The summed E-state index contributed by atoms with van der Waals surface area (Å²) in [7, 11) is 0. The molecule has 164 valence electrons. The van der Waals surface area contributed by atoms with Crippen LogP contribution in [-0.4, -0.2) is 12.6 Å². The number of hydrogen-bond donors (Lipinski definition) is 1. The van der Waals surface area contributed by atoms with E-state index in [4.69, 9.17) is 21.1 Å². The average Bonchev–Trinajstić information content (AvgIpc) is 2.77. The molecule has 3 nitrogen and oxygen atoms in total. The van der Waals surface area contributed by atoms with Gasteiger partial charge in [-0.15, -0.1) is 0 Å². The van der Waals surface area contributed by atoms with E-state index in [-0.39, 0.29) is 0 Å². The van der Waals surface area contributed by atoms with Crippen molar-refractivity contribution < 1.29 is 9.47 Å². The molecule has 1 atom stereocenters. The maximum atomic E-state index is 6.60. The van der Waals surface area contributed by atoms with Crippen LogP contribution in [0.15, 0.2) is 66.7 Å². The first-order chi connectivity index (χ1) is 15.1. The Balaban J connectivity index is 1.61. The van der Waals surface area contributed by atoms with Gasteiger partial charge in [0.2, 0.25) is 0 Å². The van der Waals surface area contributed by atoms with Gasteiger partial charge >= 0.3 is 0 Å². The van der Waals surface area contributed by atoms with Crippen molar-refractivity contribution in [1.29, 1.82) is 0 Å². The monoisotopic (exact) mass is 437 g/mol. The van der Waals surface area contributed by atoms with Crippen molar-refractivity contribution >= 4 is 11.6 Å². The van der Waals surface area contributed by atoms with Gasteiger partial charge in [-0.2, -0.15) is 0 Å². The molecule has 4 heteroatoms. The smallest absolute Gasteiger partial charge is 0.180 e. The predicted octanol–water partition coefficient (Wildman–Crippen LogP) is 6.74. The summed E-state index contributed by atoms with van der Waals surface area (Å²) in [4.78, 5) is 0. The van der Waals surface area contributed by atoms with Crippen LogP contribution in [-0.2, 0) is 19.6 Å². The number of ether oxygens (including phenoxy) is 2. The summed E-state index contributed by atoms with van der Waals surface area (Å²) in [5, 5.41) is 4.17. The Labute approximate surface area is 191 Å². The molecule has 0 amide bonds. The van der Waals surface area contributed by atoms with E-state index < -0.39 is 0 Å². The van der Waals surface area contributed by atoms with Gasteiger partial charge in [0.25, 0.3) is 0 Å². The highest BCUT2D eigenvalue weighted by atomic mass is 35.5. The van der Waals surface area contributed by atoms with Gasteiger partial charge in [0.1, 0.15) is 6.61 Å². The second-order valence-electron chi connectivity index (χ2n) is 7.86. The number of benzene rings is 3. The first-order valence-corrected chi connectivity index (χ1v) is 11.3. The van der Waals surface area contributed by atoms with Crippen molar-refractivity contribution in [2.75, 3.05) is 6.61 Å². The Hall–Kier alpha value is -2.49. The Kier molecular flexibility index (Phi) is 8.81. The summed E-state index contributed by atoms with van der Waals surface area (Å²) in [5.41, 5.74) is 4.79. The molecule has 0 fully saturated rings. The van der Waals surface area contributed by atoms with Gasteiger partial charge in [0.05, 0.1) is 11.6 Å². The minimum Gasteiger partial charge on any atom is -0.490 e.